The lowest BCUT2D eigenvalue weighted by Gasteiger charge is -2.32. The summed E-state index contributed by atoms with van der Waals surface area (Å²) in [6.45, 7) is 5.67. The van der Waals surface area contributed by atoms with Crippen molar-refractivity contribution in [2.75, 3.05) is 69.0 Å². The highest BCUT2D eigenvalue weighted by Crippen LogP contribution is 2.42. The molecule has 2 aliphatic heterocycles. The van der Waals surface area contributed by atoms with Gasteiger partial charge in [0, 0.05) is 56.6 Å². The number of esters is 1. The second kappa shape index (κ2) is 13.2. The quantitative estimate of drug-likeness (QED) is 0.309. The summed E-state index contributed by atoms with van der Waals surface area (Å²) >= 11 is 0. The number of imide groups is 1. The Kier molecular flexibility index (Phi) is 9.22. The molecule has 0 unspecified atom stereocenters. The van der Waals surface area contributed by atoms with Gasteiger partial charge in [0.1, 0.15) is 0 Å². The van der Waals surface area contributed by atoms with Gasteiger partial charge in [-0.3, -0.25) is 19.3 Å². The van der Waals surface area contributed by atoms with Gasteiger partial charge < -0.3 is 19.9 Å². The Morgan fingerprint density at radius 2 is 1.59 bits per heavy atom. The van der Waals surface area contributed by atoms with Crippen LogP contribution in [0.3, 0.4) is 0 Å². The zero-order chi connectivity index (χ0) is 31.4. The maximum absolute atomic E-state index is 14.0. The Morgan fingerprint density at radius 1 is 0.909 bits per heavy atom. The first-order valence-corrected chi connectivity index (χ1v) is 14.7. The third kappa shape index (κ3) is 6.27. The summed E-state index contributed by atoms with van der Waals surface area (Å²) in [4.78, 5) is 59.5. The van der Waals surface area contributed by atoms with E-state index in [2.05, 4.69) is 22.2 Å². The number of amides is 3. The Labute approximate surface area is 257 Å². The number of fused-ring (bicyclic) bond motifs is 1. The molecule has 1 fully saturated rings. The van der Waals surface area contributed by atoms with Crippen molar-refractivity contribution in [3.63, 3.8) is 0 Å². The van der Waals surface area contributed by atoms with Crippen LogP contribution in [0, 0.1) is 0 Å². The number of hydrogen-bond acceptors (Lipinski definition) is 8. The van der Waals surface area contributed by atoms with E-state index in [1.54, 1.807) is 31.0 Å². The molecule has 5 rings (SSSR count). The molecule has 0 radical (unpaired) electrons. The highest BCUT2D eigenvalue weighted by molar-refractivity contribution is 6.44. The lowest BCUT2D eigenvalue weighted by molar-refractivity contribution is -0.123. The van der Waals surface area contributed by atoms with Crippen molar-refractivity contribution < 1.29 is 23.9 Å². The molecular weight excluding hydrogens is 558 g/mol. The van der Waals surface area contributed by atoms with E-state index >= 15 is 0 Å². The van der Waals surface area contributed by atoms with Gasteiger partial charge in [-0.25, -0.2) is 9.69 Å². The zero-order valence-electron chi connectivity index (χ0n) is 25.5. The largest absolute Gasteiger partial charge is 0.465 e. The van der Waals surface area contributed by atoms with E-state index in [1.165, 1.54) is 13.2 Å². The summed E-state index contributed by atoms with van der Waals surface area (Å²) in [7, 11) is 5.14. The van der Waals surface area contributed by atoms with Crippen LogP contribution in [0.25, 0.3) is 11.3 Å². The minimum absolute atomic E-state index is 0.0162. The minimum Gasteiger partial charge on any atom is -0.465 e. The molecule has 2 aliphatic rings. The fourth-order valence-corrected chi connectivity index (χ4v) is 5.40. The Balaban J connectivity index is 1.48. The third-order valence-electron chi connectivity index (χ3n) is 8.06. The molecule has 0 atom stereocenters. The first-order chi connectivity index (χ1) is 21.2. The maximum atomic E-state index is 14.0. The number of hydrogen-bond donors (Lipinski definition) is 1. The van der Waals surface area contributed by atoms with E-state index < -0.39 is 11.9 Å². The highest BCUT2D eigenvalue weighted by atomic mass is 16.5. The molecule has 0 aliphatic carbocycles. The second-order valence-electron chi connectivity index (χ2n) is 10.9. The highest BCUT2D eigenvalue weighted by Gasteiger charge is 2.39. The molecule has 0 bridgehead atoms. The van der Waals surface area contributed by atoms with Gasteiger partial charge in [-0.15, -0.1) is 0 Å². The van der Waals surface area contributed by atoms with Crippen molar-refractivity contribution >= 4 is 52.0 Å². The van der Waals surface area contributed by atoms with E-state index in [4.69, 9.17) is 4.74 Å². The summed E-state index contributed by atoms with van der Waals surface area (Å²) in [5, 5.41) is 3.41. The van der Waals surface area contributed by atoms with Gasteiger partial charge >= 0.3 is 5.97 Å². The van der Waals surface area contributed by atoms with Crippen molar-refractivity contribution in [2.45, 2.75) is 13.3 Å². The number of methoxy groups -OCH3 is 1. The van der Waals surface area contributed by atoms with Crippen molar-refractivity contribution in [3.8, 4) is 0 Å². The van der Waals surface area contributed by atoms with Crippen LogP contribution in [-0.2, 0) is 19.1 Å². The van der Waals surface area contributed by atoms with Gasteiger partial charge in [0.2, 0.25) is 11.8 Å². The summed E-state index contributed by atoms with van der Waals surface area (Å²) < 4.78 is 4.87. The zero-order valence-corrected chi connectivity index (χ0v) is 25.5. The molecule has 0 spiro atoms. The van der Waals surface area contributed by atoms with E-state index in [9.17, 15) is 19.2 Å². The number of carbonyl (C=O) groups is 4. The van der Waals surface area contributed by atoms with E-state index in [0.717, 1.165) is 42.3 Å². The number of ether oxygens (including phenoxy) is 1. The van der Waals surface area contributed by atoms with E-state index in [1.807, 2.05) is 54.6 Å². The SMILES string of the molecule is CCC(=O)N1C(=O)/C(=C(\Nc2ccc(N(C)C(=O)CN3CCN(C)CC3)cc2)c2ccccc2)c2ccc(C(=O)OC)cc21. The van der Waals surface area contributed by atoms with Crippen LogP contribution in [-0.4, -0.2) is 87.4 Å². The van der Waals surface area contributed by atoms with E-state index in [-0.39, 0.29) is 23.8 Å². The van der Waals surface area contributed by atoms with Crippen LogP contribution in [0.2, 0.25) is 0 Å². The smallest absolute Gasteiger partial charge is 0.337 e. The normalized spacial score (nSPS) is 16.4. The summed E-state index contributed by atoms with van der Waals surface area (Å²) in [6.07, 6.45) is 0.109. The number of nitrogens with one attached hydrogen (secondary N) is 1. The van der Waals surface area contributed by atoms with Gasteiger partial charge in [-0.05, 0) is 49.0 Å². The maximum Gasteiger partial charge on any atom is 0.337 e. The van der Waals surface area contributed by atoms with Crippen molar-refractivity contribution in [1.29, 1.82) is 0 Å². The molecule has 10 heteroatoms. The van der Waals surface area contributed by atoms with Gasteiger partial charge in [0.15, 0.2) is 0 Å². The molecule has 1 N–H and O–H groups in total. The average molecular weight is 596 g/mol. The minimum atomic E-state index is -0.560. The number of nitrogens with zero attached hydrogens (tertiary/aromatic N) is 4. The molecule has 228 valence electrons. The number of rotatable bonds is 8. The summed E-state index contributed by atoms with van der Waals surface area (Å²) in [5.41, 5.74) is 4.13. The lowest BCUT2D eigenvalue weighted by atomic mass is 9.99. The van der Waals surface area contributed by atoms with Crippen LogP contribution < -0.4 is 15.1 Å². The summed E-state index contributed by atoms with van der Waals surface area (Å²) in [5.74, 6) is -1.40. The first kappa shape index (κ1) is 30.7. The number of anilines is 3. The lowest BCUT2D eigenvalue weighted by Crippen LogP contribution is -2.48. The molecule has 10 nitrogen and oxygen atoms in total. The average Bonchev–Trinajstić information content (AvgIpc) is 3.34. The molecule has 44 heavy (non-hydrogen) atoms. The molecular formula is C34H37N5O5. The molecule has 2 heterocycles. The van der Waals surface area contributed by atoms with E-state index in [0.29, 0.717) is 34.8 Å². The second-order valence-corrected chi connectivity index (χ2v) is 10.9. The van der Waals surface area contributed by atoms with Gasteiger partial charge in [0.25, 0.3) is 5.91 Å². The topological polar surface area (TPSA) is 102 Å². The number of carbonyl (C=O) groups excluding carboxylic acids is 4. The number of piperazine rings is 1. The first-order valence-electron chi connectivity index (χ1n) is 14.7. The Hall–Kier alpha value is -4.80. The number of benzene rings is 3. The third-order valence-corrected chi connectivity index (χ3v) is 8.06. The number of likely N-dealkylation sites (N-methyl/N-ethyl adjacent to an activating group) is 2. The van der Waals surface area contributed by atoms with Gasteiger partial charge in [-0.1, -0.05) is 43.3 Å². The predicted octanol–water partition coefficient (Wildman–Crippen LogP) is 3.95. The summed E-state index contributed by atoms with van der Waals surface area (Å²) in [6, 6.07) is 21.6. The standard InChI is InChI=1S/C34H37N5O5/c1-5-29(40)39-28-21-24(34(43)44-4)11-16-27(28)31(33(39)42)32(23-9-7-6-8-10-23)35-25-12-14-26(15-13-25)37(3)30(41)22-38-19-17-36(2)18-20-38/h6-16,21,35H,5,17-20,22H2,1-4H3/b32-31-. The Morgan fingerprint density at radius 3 is 2.23 bits per heavy atom. The van der Waals surface area contributed by atoms with Gasteiger partial charge in [-0.2, -0.15) is 0 Å². The van der Waals surface area contributed by atoms with Gasteiger partial charge in [0.05, 0.1) is 36.2 Å². The fraction of sp³-hybridized carbons (Fsp3) is 0.294. The molecule has 3 aromatic carbocycles. The molecule has 0 aromatic heterocycles. The molecule has 3 aromatic rings. The van der Waals surface area contributed by atoms with Crippen LogP contribution in [0.4, 0.5) is 17.1 Å². The molecule has 0 saturated carbocycles. The Bertz CT molecular complexity index is 1590. The van der Waals surface area contributed by atoms with Crippen LogP contribution >= 0.6 is 0 Å². The monoisotopic (exact) mass is 595 g/mol. The van der Waals surface area contributed by atoms with Crippen LogP contribution in [0.5, 0.6) is 0 Å². The predicted molar refractivity (Wildman–Crippen MR) is 171 cm³/mol. The van der Waals surface area contributed by atoms with Crippen LogP contribution in [0.1, 0.15) is 34.8 Å². The van der Waals surface area contributed by atoms with Crippen molar-refractivity contribution in [3.05, 3.63) is 89.5 Å². The van der Waals surface area contributed by atoms with Crippen molar-refractivity contribution in [1.82, 2.24) is 9.80 Å². The van der Waals surface area contributed by atoms with Crippen molar-refractivity contribution in [2.24, 2.45) is 0 Å². The molecule has 1 saturated heterocycles. The van der Waals surface area contributed by atoms with Crippen LogP contribution in [0.15, 0.2) is 72.8 Å². The molecule has 3 amide bonds. The fourth-order valence-electron chi connectivity index (χ4n) is 5.40.